The molecule has 3 rings (SSSR count). The molecule has 23 heavy (non-hydrogen) atoms. The lowest BCUT2D eigenvalue weighted by Crippen LogP contribution is -2.04. The highest BCUT2D eigenvalue weighted by atomic mass is 19.1. The first-order chi connectivity index (χ1) is 11.1. The molecule has 0 radical (unpaired) electrons. The van der Waals surface area contributed by atoms with Crippen molar-refractivity contribution in [2.24, 2.45) is 0 Å². The number of rotatable bonds is 5. The molecule has 1 N–H and O–H groups in total. The summed E-state index contributed by atoms with van der Waals surface area (Å²) in [7, 11) is 1.59. The minimum Gasteiger partial charge on any atom is -0.496 e. The maximum Gasteiger partial charge on any atom is 0.166 e. The molecule has 0 saturated heterocycles. The Morgan fingerprint density at radius 1 is 1.22 bits per heavy atom. The Kier molecular flexibility index (Phi) is 4.10. The van der Waals surface area contributed by atoms with Gasteiger partial charge in [0, 0.05) is 29.6 Å². The average Bonchev–Trinajstić information content (AvgIpc) is 2.96. The SMILES string of the molecule is COc1cccc2[nH]cc(CCC(=O)c3ccc(F)cc3F)c12. The van der Waals surface area contributed by atoms with Crippen LogP contribution in [-0.4, -0.2) is 17.9 Å². The molecular weight excluding hydrogens is 300 g/mol. The van der Waals surface area contributed by atoms with Gasteiger partial charge in [0.2, 0.25) is 0 Å². The number of fused-ring (bicyclic) bond motifs is 1. The molecule has 0 bridgehead atoms. The highest BCUT2D eigenvalue weighted by Crippen LogP contribution is 2.29. The third kappa shape index (κ3) is 2.95. The number of carbonyl (C=O) groups is 1. The van der Waals surface area contributed by atoms with E-state index in [4.69, 9.17) is 4.74 Å². The van der Waals surface area contributed by atoms with Crippen LogP contribution in [-0.2, 0) is 6.42 Å². The van der Waals surface area contributed by atoms with Gasteiger partial charge in [0.05, 0.1) is 12.7 Å². The second-order valence-corrected chi connectivity index (χ2v) is 5.24. The monoisotopic (exact) mass is 315 g/mol. The lowest BCUT2D eigenvalue weighted by Gasteiger charge is -2.05. The molecule has 0 atom stereocenters. The van der Waals surface area contributed by atoms with Crippen molar-refractivity contribution >= 4 is 16.7 Å². The summed E-state index contributed by atoms with van der Waals surface area (Å²) in [5, 5.41) is 0.919. The van der Waals surface area contributed by atoms with Gasteiger partial charge in [-0.3, -0.25) is 4.79 Å². The molecule has 0 saturated carbocycles. The van der Waals surface area contributed by atoms with E-state index in [2.05, 4.69) is 4.98 Å². The summed E-state index contributed by atoms with van der Waals surface area (Å²) in [5.74, 6) is -1.15. The lowest BCUT2D eigenvalue weighted by atomic mass is 10.0. The molecule has 3 nitrogen and oxygen atoms in total. The fourth-order valence-electron chi connectivity index (χ4n) is 2.69. The number of carbonyl (C=O) groups excluding carboxylic acids is 1. The maximum atomic E-state index is 13.7. The molecule has 0 aliphatic carbocycles. The maximum absolute atomic E-state index is 13.7. The van der Waals surface area contributed by atoms with Crippen molar-refractivity contribution in [2.75, 3.05) is 7.11 Å². The number of aryl methyl sites for hydroxylation is 1. The summed E-state index contributed by atoms with van der Waals surface area (Å²) in [4.78, 5) is 15.3. The summed E-state index contributed by atoms with van der Waals surface area (Å²) in [6.45, 7) is 0. The number of hydrogen-bond acceptors (Lipinski definition) is 2. The molecule has 3 aromatic rings. The Morgan fingerprint density at radius 3 is 2.78 bits per heavy atom. The van der Waals surface area contributed by atoms with Crippen LogP contribution in [0.3, 0.4) is 0 Å². The van der Waals surface area contributed by atoms with Gasteiger partial charge in [-0.05, 0) is 36.2 Å². The Bertz CT molecular complexity index is 871. The first kappa shape index (κ1) is 15.2. The minimum absolute atomic E-state index is 0.0850. The third-order valence-corrected chi connectivity index (χ3v) is 3.82. The standard InChI is InChI=1S/C18H15F2NO2/c1-23-17-4-2-3-15-18(17)11(10-21-15)5-8-16(22)13-7-6-12(19)9-14(13)20/h2-4,6-7,9-10,21H,5,8H2,1H3. The van der Waals surface area contributed by atoms with E-state index in [1.54, 1.807) is 7.11 Å². The first-order valence-electron chi connectivity index (χ1n) is 7.21. The van der Waals surface area contributed by atoms with Gasteiger partial charge in [-0.15, -0.1) is 0 Å². The number of aromatic amines is 1. The van der Waals surface area contributed by atoms with E-state index in [0.717, 1.165) is 34.3 Å². The van der Waals surface area contributed by atoms with Crippen LogP contribution in [0, 0.1) is 11.6 Å². The molecule has 0 spiro atoms. The first-order valence-corrected chi connectivity index (χ1v) is 7.21. The molecule has 0 fully saturated rings. The quantitative estimate of drug-likeness (QED) is 0.714. The van der Waals surface area contributed by atoms with Crippen molar-refractivity contribution < 1.29 is 18.3 Å². The predicted octanol–water partition coefficient (Wildman–Crippen LogP) is 4.27. The number of ether oxygens (including phenoxy) is 1. The topological polar surface area (TPSA) is 42.1 Å². The number of hydrogen-bond donors (Lipinski definition) is 1. The normalized spacial score (nSPS) is 10.9. The largest absolute Gasteiger partial charge is 0.496 e. The van der Waals surface area contributed by atoms with E-state index in [9.17, 15) is 13.6 Å². The van der Waals surface area contributed by atoms with E-state index in [0.29, 0.717) is 6.42 Å². The van der Waals surface area contributed by atoms with Crippen LogP contribution in [0.15, 0.2) is 42.6 Å². The zero-order valence-corrected chi connectivity index (χ0v) is 12.5. The highest BCUT2D eigenvalue weighted by Gasteiger charge is 2.15. The van der Waals surface area contributed by atoms with Crippen LogP contribution in [0.2, 0.25) is 0 Å². The van der Waals surface area contributed by atoms with Crippen LogP contribution < -0.4 is 4.74 Å². The Hall–Kier alpha value is -2.69. The Balaban J connectivity index is 1.82. The zero-order valence-electron chi connectivity index (χ0n) is 12.5. The van der Waals surface area contributed by atoms with Gasteiger partial charge < -0.3 is 9.72 Å². The number of H-pyrrole nitrogens is 1. The molecule has 0 aliphatic rings. The van der Waals surface area contributed by atoms with Crippen molar-refractivity contribution in [3.8, 4) is 5.75 Å². The number of ketones is 1. The molecular formula is C18H15F2NO2. The van der Waals surface area contributed by atoms with E-state index in [1.165, 1.54) is 6.07 Å². The van der Waals surface area contributed by atoms with Gasteiger partial charge in [-0.2, -0.15) is 0 Å². The summed E-state index contributed by atoms with van der Waals surface area (Å²) in [6.07, 6.45) is 2.39. The second kappa shape index (κ2) is 6.20. The molecule has 5 heteroatoms. The molecule has 0 unspecified atom stereocenters. The molecule has 0 aliphatic heterocycles. The lowest BCUT2D eigenvalue weighted by molar-refractivity contribution is 0.0979. The fraction of sp³-hybridized carbons (Fsp3) is 0.167. The van der Waals surface area contributed by atoms with Crippen molar-refractivity contribution in [3.63, 3.8) is 0 Å². The minimum atomic E-state index is -0.827. The number of methoxy groups -OCH3 is 1. The predicted molar refractivity (Wildman–Crippen MR) is 83.9 cm³/mol. The van der Waals surface area contributed by atoms with Gasteiger partial charge in [0.15, 0.2) is 5.78 Å². The van der Waals surface area contributed by atoms with Crippen molar-refractivity contribution in [1.82, 2.24) is 4.98 Å². The molecule has 2 aromatic carbocycles. The fourth-order valence-corrected chi connectivity index (χ4v) is 2.69. The number of benzene rings is 2. The van der Waals surface area contributed by atoms with Gasteiger partial charge in [-0.1, -0.05) is 6.07 Å². The van der Waals surface area contributed by atoms with E-state index >= 15 is 0 Å². The van der Waals surface area contributed by atoms with Gasteiger partial charge in [0.1, 0.15) is 17.4 Å². The summed E-state index contributed by atoms with van der Waals surface area (Å²) in [5.41, 5.74) is 1.76. The van der Waals surface area contributed by atoms with Crippen molar-refractivity contribution in [2.45, 2.75) is 12.8 Å². The average molecular weight is 315 g/mol. The van der Waals surface area contributed by atoms with Crippen molar-refractivity contribution in [1.29, 1.82) is 0 Å². The highest BCUT2D eigenvalue weighted by molar-refractivity contribution is 5.97. The summed E-state index contributed by atoms with van der Waals surface area (Å²) in [6, 6.07) is 8.64. The van der Waals surface area contributed by atoms with Crippen molar-refractivity contribution in [3.05, 3.63) is 65.4 Å². The van der Waals surface area contributed by atoms with E-state index in [-0.39, 0.29) is 17.8 Å². The number of halogens is 2. The van der Waals surface area contributed by atoms with E-state index < -0.39 is 11.6 Å². The summed E-state index contributed by atoms with van der Waals surface area (Å²) < 4.78 is 31.9. The van der Waals surface area contributed by atoms with Crippen LogP contribution in [0.1, 0.15) is 22.3 Å². The van der Waals surface area contributed by atoms with Gasteiger partial charge in [0.25, 0.3) is 0 Å². The van der Waals surface area contributed by atoms with E-state index in [1.807, 2.05) is 24.4 Å². The van der Waals surface area contributed by atoms with Crippen LogP contribution in [0.25, 0.3) is 10.9 Å². The third-order valence-electron chi connectivity index (χ3n) is 3.82. The second-order valence-electron chi connectivity index (χ2n) is 5.24. The molecule has 1 aromatic heterocycles. The van der Waals surface area contributed by atoms with Gasteiger partial charge >= 0.3 is 0 Å². The van der Waals surface area contributed by atoms with Crippen LogP contribution in [0.4, 0.5) is 8.78 Å². The Labute approximate surface area is 131 Å². The molecule has 118 valence electrons. The molecule has 1 heterocycles. The molecule has 0 amide bonds. The zero-order chi connectivity index (χ0) is 16.4. The smallest absolute Gasteiger partial charge is 0.166 e. The summed E-state index contributed by atoms with van der Waals surface area (Å²) >= 11 is 0. The number of nitrogens with one attached hydrogen (secondary N) is 1. The number of aromatic nitrogens is 1. The van der Waals surface area contributed by atoms with Crippen LogP contribution >= 0.6 is 0 Å². The number of Topliss-reactive ketones (excluding diaryl/α,β-unsaturated/α-hetero) is 1. The Morgan fingerprint density at radius 2 is 2.04 bits per heavy atom. The van der Waals surface area contributed by atoms with Gasteiger partial charge in [-0.25, -0.2) is 8.78 Å². The van der Waals surface area contributed by atoms with Crippen LogP contribution in [0.5, 0.6) is 5.75 Å².